The van der Waals surface area contributed by atoms with Crippen LogP contribution in [0.1, 0.15) is 62.1 Å². The number of allylic oxidation sites excluding steroid dienone is 2. The molecule has 0 N–H and O–H groups in total. The molecule has 0 bridgehead atoms. The van der Waals surface area contributed by atoms with Gasteiger partial charge in [0.2, 0.25) is 0 Å². The molecule has 2 aromatic rings. The maximum atomic E-state index is 12.6. The summed E-state index contributed by atoms with van der Waals surface area (Å²) >= 11 is 0. The van der Waals surface area contributed by atoms with E-state index in [0.29, 0.717) is 32.7 Å². The number of rotatable bonds is 8. The van der Waals surface area contributed by atoms with Gasteiger partial charge in [-0.1, -0.05) is 60.7 Å². The van der Waals surface area contributed by atoms with E-state index in [1.54, 1.807) is 0 Å². The molecule has 180 valence electrons. The van der Waals surface area contributed by atoms with Crippen molar-refractivity contribution in [3.8, 4) is 0 Å². The number of nitrogens with zero attached hydrogens (tertiary/aromatic N) is 1. The van der Waals surface area contributed by atoms with Crippen LogP contribution in [0.4, 0.5) is 4.79 Å². The summed E-state index contributed by atoms with van der Waals surface area (Å²) < 4.78 is 10.6. The van der Waals surface area contributed by atoms with E-state index in [1.807, 2.05) is 42.2 Å². The van der Waals surface area contributed by atoms with Crippen molar-refractivity contribution in [2.24, 2.45) is 5.41 Å². The van der Waals surface area contributed by atoms with Crippen molar-refractivity contribution in [1.29, 1.82) is 0 Å². The molecule has 2 aromatic carbocycles. The van der Waals surface area contributed by atoms with Crippen molar-refractivity contribution in [2.45, 2.75) is 58.5 Å². The lowest BCUT2D eigenvalue weighted by Crippen LogP contribution is -2.44. The number of likely N-dealkylation sites (tertiary alicyclic amines) is 1. The van der Waals surface area contributed by atoms with Crippen LogP contribution in [0.2, 0.25) is 0 Å². The SMILES string of the molecule is CCOC(=O)CCCCC1=CC2(CCN(C(=O)OCc3ccccc3)CC2)Cc2ccccc21. The molecular formula is C29H35NO4. The Hall–Kier alpha value is -3.08. The maximum absolute atomic E-state index is 12.6. The number of hydrogen-bond donors (Lipinski definition) is 0. The van der Waals surface area contributed by atoms with Gasteiger partial charge in [-0.15, -0.1) is 0 Å². The number of amides is 1. The summed E-state index contributed by atoms with van der Waals surface area (Å²) in [7, 11) is 0. The smallest absolute Gasteiger partial charge is 0.410 e. The number of benzene rings is 2. The zero-order valence-electron chi connectivity index (χ0n) is 20.1. The molecule has 1 fully saturated rings. The predicted molar refractivity (Wildman–Crippen MR) is 133 cm³/mol. The number of carbonyl (C=O) groups excluding carboxylic acids is 2. The number of ether oxygens (including phenoxy) is 2. The highest BCUT2D eigenvalue weighted by molar-refractivity contribution is 5.72. The van der Waals surface area contributed by atoms with E-state index in [1.165, 1.54) is 16.7 Å². The fourth-order valence-electron chi connectivity index (χ4n) is 5.16. The van der Waals surface area contributed by atoms with Crippen molar-refractivity contribution in [3.63, 3.8) is 0 Å². The normalized spacial score (nSPS) is 16.5. The van der Waals surface area contributed by atoms with Crippen molar-refractivity contribution >= 4 is 17.6 Å². The lowest BCUT2D eigenvalue weighted by Gasteiger charge is -2.43. The van der Waals surface area contributed by atoms with E-state index < -0.39 is 0 Å². The maximum Gasteiger partial charge on any atom is 0.410 e. The second kappa shape index (κ2) is 11.4. The predicted octanol–water partition coefficient (Wildman–Crippen LogP) is 6.17. The second-order valence-corrected chi connectivity index (χ2v) is 9.41. The molecule has 1 amide bonds. The van der Waals surface area contributed by atoms with Crippen molar-refractivity contribution in [1.82, 2.24) is 4.90 Å². The third kappa shape index (κ3) is 6.07. The Kier molecular flexibility index (Phi) is 8.04. The zero-order chi connectivity index (χ0) is 23.8. The summed E-state index contributed by atoms with van der Waals surface area (Å²) in [6.45, 7) is 4.02. The summed E-state index contributed by atoms with van der Waals surface area (Å²) in [6, 6.07) is 18.5. The van der Waals surface area contributed by atoms with E-state index in [-0.39, 0.29) is 17.5 Å². The first-order valence-corrected chi connectivity index (χ1v) is 12.5. The average Bonchev–Trinajstić information content (AvgIpc) is 2.86. The Bertz CT molecular complexity index is 1010. The Balaban J connectivity index is 1.35. The molecule has 1 heterocycles. The molecule has 0 atom stereocenters. The van der Waals surface area contributed by atoms with Gasteiger partial charge in [-0.05, 0) is 73.1 Å². The van der Waals surface area contributed by atoms with Crippen LogP contribution in [0.5, 0.6) is 0 Å². The van der Waals surface area contributed by atoms with E-state index >= 15 is 0 Å². The third-order valence-electron chi connectivity index (χ3n) is 6.99. The molecular weight excluding hydrogens is 426 g/mol. The minimum Gasteiger partial charge on any atom is -0.466 e. The molecule has 1 aliphatic heterocycles. The molecule has 1 spiro atoms. The first kappa shape index (κ1) is 24.1. The minimum atomic E-state index is -0.224. The average molecular weight is 462 g/mol. The van der Waals surface area contributed by atoms with Gasteiger partial charge >= 0.3 is 12.1 Å². The molecule has 0 unspecified atom stereocenters. The highest BCUT2D eigenvalue weighted by atomic mass is 16.6. The Morgan fingerprint density at radius 3 is 2.44 bits per heavy atom. The van der Waals surface area contributed by atoms with E-state index in [2.05, 4.69) is 30.3 Å². The summed E-state index contributed by atoms with van der Waals surface area (Å²) in [5.41, 5.74) is 5.20. The highest BCUT2D eigenvalue weighted by Gasteiger charge is 2.38. The molecule has 2 aliphatic rings. The van der Waals surface area contributed by atoms with E-state index in [9.17, 15) is 9.59 Å². The Morgan fingerprint density at radius 1 is 0.941 bits per heavy atom. The summed E-state index contributed by atoms with van der Waals surface area (Å²) in [4.78, 5) is 26.1. The van der Waals surface area contributed by atoms with Crippen LogP contribution in [-0.4, -0.2) is 36.7 Å². The largest absolute Gasteiger partial charge is 0.466 e. The van der Waals surface area contributed by atoms with Crippen LogP contribution >= 0.6 is 0 Å². The summed E-state index contributed by atoms with van der Waals surface area (Å²) in [5, 5.41) is 0. The van der Waals surface area contributed by atoms with E-state index in [0.717, 1.165) is 44.1 Å². The Morgan fingerprint density at radius 2 is 1.68 bits per heavy atom. The van der Waals surface area contributed by atoms with Gasteiger partial charge in [0.15, 0.2) is 0 Å². The molecule has 0 radical (unpaired) electrons. The summed E-state index contributed by atoms with van der Waals surface area (Å²) in [5.74, 6) is -0.108. The van der Waals surface area contributed by atoms with Crippen molar-refractivity contribution in [2.75, 3.05) is 19.7 Å². The van der Waals surface area contributed by atoms with Crippen LogP contribution in [0, 0.1) is 5.41 Å². The van der Waals surface area contributed by atoms with Gasteiger partial charge in [0, 0.05) is 19.5 Å². The molecule has 34 heavy (non-hydrogen) atoms. The number of carbonyl (C=O) groups is 2. The van der Waals surface area contributed by atoms with Gasteiger partial charge < -0.3 is 14.4 Å². The van der Waals surface area contributed by atoms with Crippen LogP contribution < -0.4 is 0 Å². The number of piperidine rings is 1. The molecule has 5 nitrogen and oxygen atoms in total. The summed E-state index contributed by atoms with van der Waals surface area (Å²) in [6.07, 6.45) is 8.39. The number of unbranched alkanes of at least 4 members (excludes halogenated alkanes) is 1. The van der Waals surface area contributed by atoms with Crippen LogP contribution in [0.3, 0.4) is 0 Å². The van der Waals surface area contributed by atoms with Gasteiger partial charge in [-0.25, -0.2) is 4.79 Å². The molecule has 0 aromatic heterocycles. The number of fused-ring (bicyclic) bond motifs is 1. The number of esters is 1. The first-order valence-electron chi connectivity index (χ1n) is 12.5. The quantitative estimate of drug-likeness (QED) is 0.348. The lowest BCUT2D eigenvalue weighted by molar-refractivity contribution is -0.143. The monoisotopic (exact) mass is 461 g/mol. The molecule has 5 heteroatoms. The molecule has 1 saturated heterocycles. The van der Waals surface area contributed by atoms with Gasteiger partial charge in [-0.3, -0.25) is 4.79 Å². The van der Waals surface area contributed by atoms with Crippen LogP contribution in [0.15, 0.2) is 60.7 Å². The van der Waals surface area contributed by atoms with Crippen LogP contribution in [0.25, 0.3) is 5.57 Å². The Labute approximate surface area is 202 Å². The highest BCUT2D eigenvalue weighted by Crippen LogP contribution is 2.45. The fourth-order valence-corrected chi connectivity index (χ4v) is 5.16. The van der Waals surface area contributed by atoms with Gasteiger partial charge in [-0.2, -0.15) is 0 Å². The van der Waals surface area contributed by atoms with Crippen molar-refractivity contribution in [3.05, 3.63) is 77.4 Å². The standard InChI is InChI=1S/C29H35NO4/c1-2-33-27(31)15-9-7-13-25-21-29(20-24-12-6-8-14-26(24)25)16-18-30(19-17-29)28(32)34-22-23-10-4-3-5-11-23/h3-6,8,10-12,14,21H,2,7,9,13,15-20,22H2,1H3. The first-order chi connectivity index (χ1) is 16.6. The van der Waals surface area contributed by atoms with Crippen LogP contribution in [-0.2, 0) is 27.3 Å². The number of hydrogen-bond acceptors (Lipinski definition) is 4. The van der Waals surface area contributed by atoms with Gasteiger partial charge in [0.1, 0.15) is 6.61 Å². The lowest BCUT2D eigenvalue weighted by atomic mass is 9.67. The fraction of sp³-hybridized carbons (Fsp3) is 0.448. The topological polar surface area (TPSA) is 55.8 Å². The van der Waals surface area contributed by atoms with Gasteiger partial charge in [0.25, 0.3) is 0 Å². The molecule has 4 rings (SSSR count). The van der Waals surface area contributed by atoms with E-state index in [4.69, 9.17) is 9.47 Å². The minimum absolute atomic E-state index is 0.0844. The second-order valence-electron chi connectivity index (χ2n) is 9.41. The van der Waals surface area contributed by atoms with Gasteiger partial charge in [0.05, 0.1) is 6.61 Å². The van der Waals surface area contributed by atoms with Crippen molar-refractivity contribution < 1.29 is 19.1 Å². The third-order valence-corrected chi connectivity index (χ3v) is 6.99. The zero-order valence-corrected chi connectivity index (χ0v) is 20.1. The molecule has 1 aliphatic carbocycles. The molecule has 0 saturated carbocycles.